The third kappa shape index (κ3) is 4.02. The molecule has 0 saturated carbocycles. The van der Waals surface area contributed by atoms with Crippen LogP contribution in [0.1, 0.15) is 58.4 Å². The van der Waals surface area contributed by atoms with Crippen molar-refractivity contribution in [2.24, 2.45) is 5.92 Å². The molecule has 2 N–H and O–H groups in total. The van der Waals surface area contributed by atoms with E-state index in [4.69, 9.17) is 0 Å². The first kappa shape index (κ1) is 21.3. The van der Waals surface area contributed by atoms with Crippen molar-refractivity contribution < 1.29 is 4.79 Å². The zero-order chi connectivity index (χ0) is 22.9. The lowest BCUT2D eigenvalue weighted by Crippen LogP contribution is -2.33. The molecule has 4 nitrogen and oxygen atoms in total. The molecule has 0 bridgehead atoms. The van der Waals surface area contributed by atoms with Crippen LogP contribution < -0.4 is 15.5 Å². The van der Waals surface area contributed by atoms with Gasteiger partial charge in [-0.3, -0.25) is 4.79 Å². The third-order valence-corrected chi connectivity index (χ3v) is 7.06. The number of allylic oxidation sites excluding steroid dienone is 2. The first-order valence-electron chi connectivity index (χ1n) is 11.7. The molecule has 0 radical (unpaired) electrons. The fourth-order valence-corrected chi connectivity index (χ4v) is 5.22. The molecule has 0 spiro atoms. The summed E-state index contributed by atoms with van der Waals surface area (Å²) in [5.41, 5.74) is 6.44. The number of nitrogens with one attached hydrogen (secondary N) is 2. The van der Waals surface area contributed by atoms with Gasteiger partial charge in [-0.2, -0.15) is 0 Å². The minimum Gasteiger partial charge on any atom is -0.378 e. The zero-order valence-electron chi connectivity index (χ0n) is 19.5. The molecule has 0 saturated heterocycles. The van der Waals surface area contributed by atoms with Gasteiger partial charge in [0.05, 0.1) is 23.3 Å². The Balaban J connectivity index is 1.47. The van der Waals surface area contributed by atoms with Gasteiger partial charge < -0.3 is 15.5 Å². The van der Waals surface area contributed by atoms with Crippen LogP contribution in [0.15, 0.2) is 84.9 Å². The topological polar surface area (TPSA) is 44.4 Å². The van der Waals surface area contributed by atoms with Crippen molar-refractivity contribution in [3.8, 4) is 0 Å². The van der Waals surface area contributed by atoms with Crippen molar-refractivity contribution >= 4 is 17.3 Å². The molecule has 2 aliphatic rings. The van der Waals surface area contributed by atoms with E-state index in [2.05, 4.69) is 72.1 Å². The summed E-state index contributed by atoms with van der Waals surface area (Å²) in [5.74, 6) is 0.723. The van der Waals surface area contributed by atoms with Crippen LogP contribution in [0.2, 0.25) is 0 Å². The minimum atomic E-state index is -0.0633. The highest BCUT2D eigenvalue weighted by Gasteiger charge is 2.39. The van der Waals surface area contributed by atoms with E-state index < -0.39 is 0 Å². The largest absolute Gasteiger partial charge is 0.378 e. The Morgan fingerprint density at radius 1 is 1.00 bits per heavy atom. The lowest BCUT2D eigenvalue weighted by molar-refractivity contribution is 0.0940. The van der Waals surface area contributed by atoms with Gasteiger partial charge in [0.2, 0.25) is 0 Å². The number of hydrogen-bond donors (Lipinski definition) is 2. The van der Waals surface area contributed by atoms with Gasteiger partial charge in [0.15, 0.2) is 0 Å². The number of anilines is 2. The number of nitrogens with zero attached hydrogens (tertiary/aromatic N) is 1. The number of benzene rings is 3. The van der Waals surface area contributed by atoms with Gasteiger partial charge in [0, 0.05) is 25.7 Å². The van der Waals surface area contributed by atoms with E-state index in [1.54, 1.807) is 0 Å². The van der Waals surface area contributed by atoms with Crippen molar-refractivity contribution in [1.82, 2.24) is 5.32 Å². The van der Waals surface area contributed by atoms with Crippen LogP contribution >= 0.6 is 0 Å². The summed E-state index contributed by atoms with van der Waals surface area (Å²) in [4.78, 5) is 15.5. The van der Waals surface area contributed by atoms with Crippen LogP contribution in [-0.4, -0.2) is 20.0 Å². The van der Waals surface area contributed by atoms with Gasteiger partial charge >= 0.3 is 0 Å². The maximum Gasteiger partial charge on any atom is 0.253 e. The van der Waals surface area contributed by atoms with Gasteiger partial charge in [-0.05, 0) is 54.2 Å². The molecule has 5 rings (SSSR count). The number of para-hydroxylation sites is 1. The van der Waals surface area contributed by atoms with Crippen LogP contribution in [0.3, 0.4) is 0 Å². The Bertz CT molecular complexity index is 1170. The summed E-state index contributed by atoms with van der Waals surface area (Å²) in [6.45, 7) is 2.03. The smallest absolute Gasteiger partial charge is 0.253 e. The predicted octanol–water partition coefficient (Wildman–Crippen LogP) is 6.07. The third-order valence-electron chi connectivity index (χ3n) is 7.06. The number of hydrogen-bond acceptors (Lipinski definition) is 3. The molecule has 0 aromatic heterocycles. The highest BCUT2D eigenvalue weighted by molar-refractivity contribution is 6.01. The quantitative estimate of drug-likeness (QED) is 0.476. The maximum absolute atomic E-state index is 13.4. The molecule has 1 amide bonds. The van der Waals surface area contributed by atoms with Crippen molar-refractivity contribution in [2.75, 3.05) is 24.3 Å². The summed E-state index contributed by atoms with van der Waals surface area (Å²) < 4.78 is 0. The first-order chi connectivity index (χ1) is 16.0. The first-order valence-corrected chi connectivity index (χ1v) is 11.7. The summed E-state index contributed by atoms with van der Waals surface area (Å²) >= 11 is 0. The normalized spacial score (nSPS) is 21.5. The van der Waals surface area contributed by atoms with E-state index in [0.717, 1.165) is 17.7 Å². The van der Waals surface area contributed by atoms with E-state index >= 15 is 0 Å². The Morgan fingerprint density at radius 2 is 1.76 bits per heavy atom. The SMILES string of the molecule is CC(NC(=O)c1cccc2c1NC(c1ccc(N(C)C)cc1)C1CC=CC21)c1ccccc1. The molecule has 33 heavy (non-hydrogen) atoms. The molecular formula is C29H31N3O. The lowest BCUT2D eigenvalue weighted by Gasteiger charge is -2.38. The molecule has 1 aliphatic carbocycles. The van der Waals surface area contributed by atoms with E-state index in [1.807, 2.05) is 49.4 Å². The number of carbonyl (C=O) groups excluding carboxylic acids is 1. The molecular weight excluding hydrogens is 406 g/mol. The molecule has 3 aromatic rings. The van der Waals surface area contributed by atoms with Gasteiger partial charge in [0.25, 0.3) is 5.91 Å². The van der Waals surface area contributed by atoms with Crippen molar-refractivity contribution in [2.45, 2.75) is 31.3 Å². The van der Waals surface area contributed by atoms with Crippen LogP contribution in [0.4, 0.5) is 11.4 Å². The van der Waals surface area contributed by atoms with E-state index in [-0.39, 0.29) is 18.0 Å². The second kappa shape index (κ2) is 8.78. The Kier molecular flexibility index (Phi) is 5.67. The summed E-state index contributed by atoms with van der Waals surface area (Å²) in [7, 11) is 4.12. The summed E-state index contributed by atoms with van der Waals surface area (Å²) in [5, 5.41) is 6.98. The van der Waals surface area contributed by atoms with Gasteiger partial charge in [-0.15, -0.1) is 0 Å². The van der Waals surface area contributed by atoms with Crippen LogP contribution in [0, 0.1) is 5.92 Å². The molecule has 1 heterocycles. The van der Waals surface area contributed by atoms with E-state index in [9.17, 15) is 4.79 Å². The van der Waals surface area contributed by atoms with Crippen LogP contribution in [0.5, 0.6) is 0 Å². The lowest BCUT2D eigenvalue weighted by atomic mass is 9.76. The van der Waals surface area contributed by atoms with Crippen molar-refractivity contribution in [1.29, 1.82) is 0 Å². The summed E-state index contributed by atoms with van der Waals surface area (Å²) in [6, 6.07) is 25.1. The van der Waals surface area contributed by atoms with Crippen LogP contribution in [-0.2, 0) is 0 Å². The Morgan fingerprint density at radius 3 is 2.48 bits per heavy atom. The van der Waals surface area contributed by atoms with Crippen LogP contribution in [0.25, 0.3) is 0 Å². The second-order valence-electron chi connectivity index (χ2n) is 9.34. The Labute approximate surface area is 196 Å². The zero-order valence-corrected chi connectivity index (χ0v) is 19.5. The van der Waals surface area contributed by atoms with Gasteiger partial charge in [-0.1, -0.05) is 66.7 Å². The monoisotopic (exact) mass is 437 g/mol. The predicted molar refractivity (Wildman–Crippen MR) is 136 cm³/mol. The number of fused-ring (bicyclic) bond motifs is 3. The van der Waals surface area contributed by atoms with Gasteiger partial charge in [0.1, 0.15) is 0 Å². The Hall–Kier alpha value is -3.53. The number of amides is 1. The molecule has 0 fully saturated rings. The highest BCUT2D eigenvalue weighted by atomic mass is 16.1. The standard InChI is InChI=1S/C29H31N3O/c1-19(20-9-5-4-6-10-20)30-29(33)26-14-8-13-25-23-11-7-12-24(23)27(31-28(25)26)21-15-17-22(18-16-21)32(2)3/h4-11,13-19,23-24,27,31H,12H2,1-3H3,(H,30,33). The minimum absolute atomic E-state index is 0.0437. The average Bonchev–Trinajstić information content (AvgIpc) is 3.34. The fraction of sp³-hybridized carbons (Fsp3) is 0.276. The van der Waals surface area contributed by atoms with Gasteiger partial charge in [-0.25, -0.2) is 0 Å². The highest BCUT2D eigenvalue weighted by Crippen LogP contribution is 2.50. The molecule has 4 atom stereocenters. The maximum atomic E-state index is 13.4. The second-order valence-corrected chi connectivity index (χ2v) is 9.34. The molecule has 168 valence electrons. The van der Waals surface area contributed by atoms with E-state index in [0.29, 0.717) is 17.4 Å². The number of rotatable bonds is 5. The fourth-order valence-electron chi connectivity index (χ4n) is 5.22. The van der Waals surface area contributed by atoms with Crippen molar-refractivity contribution in [3.63, 3.8) is 0 Å². The average molecular weight is 438 g/mol. The van der Waals surface area contributed by atoms with E-state index in [1.165, 1.54) is 16.8 Å². The molecule has 1 aliphatic heterocycles. The summed E-state index contributed by atoms with van der Waals surface area (Å²) in [6.07, 6.45) is 5.65. The molecule has 4 unspecified atom stereocenters. The van der Waals surface area contributed by atoms with Crippen molar-refractivity contribution in [3.05, 3.63) is 107 Å². The molecule has 4 heteroatoms. The number of carbonyl (C=O) groups is 1. The molecule has 3 aromatic carbocycles.